The normalized spacial score (nSPS) is 9.86. The molecule has 1 aromatic rings. The van der Waals surface area contributed by atoms with E-state index in [1.165, 1.54) is 19.1 Å². The van der Waals surface area contributed by atoms with Gasteiger partial charge in [0.25, 0.3) is 5.09 Å². The van der Waals surface area contributed by atoms with Gasteiger partial charge in [0.1, 0.15) is 11.3 Å². The summed E-state index contributed by atoms with van der Waals surface area (Å²) in [4.78, 5) is 36.9. The average molecular weight is 311 g/mol. The van der Waals surface area contributed by atoms with Gasteiger partial charge in [0.2, 0.25) is 0 Å². The van der Waals surface area contributed by atoms with Gasteiger partial charge in [0, 0.05) is 6.92 Å². The first-order chi connectivity index (χ1) is 10.5. The largest absolute Gasteiger partial charge is 0.462 e. The van der Waals surface area contributed by atoms with Crippen LogP contribution >= 0.6 is 0 Å². The van der Waals surface area contributed by atoms with Crippen LogP contribution < -0.4 is 4.74 Å². The lowest BCUT2D eigenvalue weighted by Gasteiger charge is -2.08. The van der Waals surface area contributed by atoms with Crippen molar-refractivity contribution in [3.05, 3.63) is 39.9 Å². The fraction of sp³-hybridized carbons (Fsp3) is 0.429. The topological polar surface area (TPSA) is 105 Å². The summed E-state index contributed by atoms with van der Waals surface area (Å²) in [5.41, 5.74) is 0.175. The molecular weight excluding hydrogens is 294 g/mol. The first kappa shape index (κ1) is 17.4. The lowest BCUT2D eigenvalue weighted by Crippen LogP contribution is -2.11. The van der Waals surface area contributed by atoms with Gasteiger partial charge in [-0.25, -0.2) is 4.79 Å². The molecule has 0 unspecified atom stereocenters. The van der Waals surface area contributed by atoms with Gasteiger partial charge in [-0.3, -0.25) is 4.79 Å². The van der Waals surface area contributed by atoms with E-state index in [1.807, 2.05) is 0 Å². The van der Waals surface area contributed by atoms with Crippen LogP contribution in [0.2, 0.25) is 0 Å². The zero-order valence-electron chi connectivity index (χ0n) is 12.1. The molecule has 0 amide bonds. The van der Waals surface area contributed by atoms with Gasteiger partial charge in [0.05, 0.1) is 13.2 Å². The van der Waals surface area contributed by atoms with Crippen LogP contribution in [0.3, 0.4) is 0 Å². The number of esters is 2. The molecule has 0 N–H and O–H groups in total. The number of para-hydroxylation sites is 1. The van der Waals surface area contributed by atoms with Crippen LogP contribution in [0.25, 0.3) is 0 Å². The fourth-order valence-electron chi connectivity index (χ4n) is 1.64. The van der Waals surface area contributed by atoms with Crippen LogP contribution in [0.5, 0.6) is 5.75 Å². The number of ether oxygens (including phenoxy) is 2. The zero-order valence-corrected chi connectivity index (χ0v) is 12.1. The number of rotatable bonds is 9. The SMILES string of the molecule is CC(=O)Oc1ccccc1C(=O)OCCCCCO[N+](=O)[O-]. The highest BCUT2D eigenvalue weighted by Gasteiger charge is 2.14. The quantitative estimate of drug-likeness (QED) is 0.226. The van der Waals surface area contributed by atoms with Gasteiger partial charge in [-0.1, -0.05) is 12.1 Å². The molecule has 0 fully saturated rings. The van der Waals surface area contributed by atoms with Gasteiger partial charge in [-0.05, 0) is 31.4 Å². The second kappa shape index (κ2) is 9.32. The van der Waals surface area contributed by atoms with Crippen molar-refractivity contribution in [1.29, 1.82) is 0 Å². The summed E-state index contributed by atoms with van der Waals surface area (Å²) in [7, 11) is 0. The molecule has 120 valence electrons. The Morgan fingerprint density at radius 2 is 1.82 bits per heavy atom. The monoisotopic (exact) mass is 311 g/mol. The Kier molecular flexibility index (Phi) is 7.38. The molecule has 0 saturated heterocycles. The Morgan fingerprint density at radius 3 is 2.50 bits per heavy atom. The molecule has 1 rings (SSSR count). The number of nitrogens with zero attached hydrogens (tertiary/aromatic N) is 1. The minimum absolute atomic E-state index is 0.0240. The highest BCUT2D eigenvalue weighted by atomic mass is 16.9. The third kappa shape index (κ3) is 6.69. The smallest absolute Gasteiger partial charge is 0.341 e. The lowest BCUT2D eigenvalue weighted by atomic mass is 10.2. The van der Waals surface area contributed by atoms with E-state index in [1.54, 1.807) is 12.1 Å². The van der Waals surface area contributed by atoms with Crippen LogP contribution in [-0.2, 0) is 14.4 Å². The third-order valence-corrected chi connectivity index (χ3v) is 2.58. The standard InChI is InChI=1S/C14H17NO7/c1-11(16)22-13-8-4-3-7-12(13)14(17)20-9-5-2-6-10-21-15(18)19/h3-4,7-8H,2,5-6,9-10H2,1H3. The van der Waals surface area contributed by atoms with E-state index in [4.69, 9.17) is 9.47 Å². The van der Waals surface area contributed by atoms with Crippen molar-refractivity contribution in [2.45, 2.75) is 26.2 Å². The van der Waals surface area contributed by atoms with E-state index < -0.39 is 17.0 Å². The van der Waals surface area contributed by atoms with E-state index in [2.05, 4.69) is 4.84 Å². The van der Waals surface area contributed by atoms with E-state index in [0.717, 1.165) is 0 Å². The molecule has 0 aliphatic carbocycles. The molecule has 0 atom stereocenters. The summed E-state index contributed by atoms with van der Waals surface area (Å²) in [5, 5.41) is 9.08. The number of benzene rings is 1. The van der Waals surface area contributed by atoms with Gasteiger partial charge in [0.15, 0.2) is 0 Å². The molecule has 1 aromatic carbocycles. The number of hydrogen-bond donors (Lipinski definition) is 0. The molecule has 0 radical (unpaired) electrons. The van der Waals surface area contributed by atoms with Crippen molar-refractivity contribution in [3.8, 4) is 5.75 Å². The molecule has 22 heavy (non-hydrogen) atoms. The predicted molar refractivity (Wildman–Crippen MR) is 74.8 cm³/mol. The molecule has 0 spiro atoms. The van der Waals surface area contributed by atoms with Crippen LogP contribution in [0, 0.1) is 10.1 Å². The fourth-order valence-corrected chi connectivity index (χ4v) is 1.64. The molecular formula is C14H17NO7. The van der Waals surface area contributed by atoms with E-state index in [9.17, 15) is 19.7 Å². The molecule has 0 aliphatic heterocycles. The Balaban J connectivity index is 2.34. The van der Waals surface area contributed by atoms with Crippen LogP contribution in [0.4, 0.5) is 0 Å². The van der Waals surface area contributed by atoms with Crippen LogP contribution in [-0.4, -0.2) is 30.2 Å². The molecule has 0 heterocycles. The van der Waals surface area contributed by atoms with E-state index >= 15 is 0 Å². The summed E-state index contributed by atoms with van der Waals surface area (Å²) in [6.45, 7) is 1.44. The Morgan fingerprint density at radius 1 is 1.14 bits per heavy atom. The predicted octanol–water partition coefficient (Wildman–Crippen LogP) is 2.15. The van der Waals surface area contributed by atoms with E-state index in [-0.39, 0.29) is 24.5 Å². The average Bonchev–Trinajstić information content (AvgIpc) is 2.45. The summed E-state index contributed by atoms with van der Waals surface area (Å²) < 4.78 is 10.0. The summed E-state index contributed by atoms with van der Waals surface area (Å²) in [6, 6.07) is 6.29. The second-order valence-corrected chi connectivity index (χ2v) is 4.34. The Labute approximate surface area is 127 Å². The molecule has 0 aromatic heterocycles. The van der Waals surface area contributed by atoms with Gasteiger partial charge >= 0.3 is 11.9 Å². The summed E-state index contributed by atoms with van der Waals surface area (Å²) >= 11 is 0. The highest BCUT2D eigenvalue weighted by molar-refractivity contribution is 5.93. The number of carbonyl (C=O) groups excluding carboxylic acids is 2. The van der Waals surface area contributed by atoms with Crippen molar-refractivity contribution in [3.63, 3.8) is 0 Å². The Hall–Kier alpha value is -2.64. The summed E-state index contributed by atoms with van der Waals surface area (Å²) in [6.07, 6.45) is 1.69. The molecule has 8 nitrogen and oxygen atoms in total. The van der Waals surface area contributed by atoms with Crippen molar-refractivity contribution in [2.24, 2.45) is 0 Å². The number of unbranched alkanes of at least 4 members (excludes halogenated alkanes) is 2. The van der Waals surface area contributed by atoms with E-state index in [0.29, 0.717) is 19.3 Å². The Bertz CT molecular complexity index is 530. The maximum absolute atomic E-state index is 11.9. The lowest BCUT2D eigenvalue weighted by molar-refractivity contribution is -0.757. The van der Waals surface area contributed by atoms with Crippen molar-refractivity contribution < 1.29 is 29.0 Å². The van der Waals surface area contributed by atoms with Crippen molar-refractivity contribution in [1.82, 2.24) is 0 Å². The van der Waals surface area contributed by atoms with Gasteiger partial charge in [-0.2, -0.15) is 0 Å². The maximum Gasteiger partial charge on any atom is 0.341 e. The van der Waals surface area contributed by atoms with Crippen LogP contribution in [0.15, 0.2) is 24.3 Å². The minimum atomic E-state index is -0.841. The van der Waals surface area contributed by atoms with Crippen molar-refractivity contribution in [2.75, 3.05) is 13.2 Å². The maximum atomic E-state index is 11.9. The van der Waals surface area contributed by atoms with Gasteiger partial charge in [-0.15, -0.1) is 10.1 Å². The van der Waals surface area contributed by atoms with Gasteiger partial charge < -0.3 is 14.3 Å². The second-order valence-electron chi connectivity index (χ2n) is 4.34. The molecule has 0 saturated carbocycles. The van der Waals surface area contributed by atoms with Crippen molar-refractivity contribution >= 4 is 11.9 Å². The molecule has 0 aliphatic rings. The first-order valence-electron chi connectivity index (χ1n) is 6.72. The minimum Gasteiger partial charge on any atom is -0.462 e. The first-order valence-corrected chi connectivity index (χ1v) is 6.72. The third-order valence-electron chi connectivity index (χ3n) is 2.58. The highest BCUT2D eigenvalue weighted by Crippen LogP contribution is 2.19. The number of carbonyl (C=O) groups is 2. The number of hydrogen-bond acceptors (Lipinski definition) is 7. The molecule has 0 bridgehead atoms. The molecule has 8 heteroatoms. The van der Waals surface area contributed by atoms with Crippen LogP contribution in [0.1, 0.15) is 36.5 Å². The summed E-state index contributed by atoms with van der Waals surface area (Å²) in [5.74, 6) is -0.955. The zero-order chi connectivity index (χ0) is 16.4.